The number of benzene rings is 2. The summed E-state index contributed by atoms with van der Waals surface area (Å²) in [5.74, 6) is 0. The van der Waals surface area contributed by atoms with Crippen LogP contribution in [0, 0.1) is 6.92 Å². The van der Waals surface area contributed by atoms with Crippen molar-refractivity contribution in [2.45, 2.75) is 20.8 Å². The molecule has 0 bridgehead atoms. The average Bonchev–Trinajstić information content (AvgIpc) is 3.24. The first-order valence-corrected chi connectivity index (χ1v) is 10.4. The summed E-state index contributed by atoms with van der Waals surface area (Å²) in [4.78, 5) is 37.1. The highest BCUT2D eigenvalue weighted by Gasteiger charge is 2.14. The van der Waals surface area contributed by atoms with Crippen molar-refractivity contribution in [1.82, 2.24) is 19.7 Å². The minimum Gasteiger partial charge on any atom is -0.370 e. The SMILES string of the molecule is CCN(CC)c1cc2[nH]c(=O)[nH]c2cc1N=Cc1c(C)[nH]n(-c2cccc(Cl)c2)c1=O. The number of aryl methyl sites for hydroxylation is 1. The molecule has 0 aliphatic rings. The summed E-state index contributed by atoms with van der Waals surface area (Å²) in [6.45, 7) is 7.50. The fourth-order valence-electron chi connectivity index (χ4n) is 3.62. The Morgan fingerprint density at radius 3 is 2.48 bits per heavy atom. The molecule has 0 fully saturated rings. The van der Waals surface area contributed by atoms with Crippen LogP contribution in [0.15, 0.2) is 51.0 Å². The van der Waals surface area contributed by atoms with Gasteiger partial charge in [0, 0.05) is 30.0 Å². The average molecular weight is 439 g/mol. The van der Waals surface area contributed by atoms with Gasteiger partial charge in [0.1, 0.15) is 0 Å². The van der Waals surface area contributed by atoms with Gasteiger partial charge in [-0.05, 0) is 51.1 Å². The first-order valence-electron chi connectivity index (χ1n) is 10.0. The fourth-order valence-corrected chi connectivity index (χ4v) is 3.81. The molecule has 2 aromatic carbocycles. The van der Waals surface area contributed by atoms with E-state index in [0.717, 1.165) is 18.8 Å². The van der Waals surface area contributed by atoms with Crippen molar-refractivity contribution in [3.63, 3.8) is 0 Å². The minimum absolute atomic E-state index is 0.218. The van der Waals surface area contributed by atoms with Crippen LogP contribution in [0.2, 0.25) is 5.02 Å². The molecule has 160 valence electrons. The number of halogens is 1. The third-order valence-corrected chi connectivity index (χ3v) is 5.47. The molecule has 0 aliphatic heterocycles. The molecule has 2 heterocycles. The van der Waals surface area contributed by atoms with Crippen LogP contribution in [0.4, 0.5) is 11.4 Å². The second kappa shape index (κ2) is 8.31. The largest absolute Gasteiger partial charge is 0.370 e. The van der Waals surface area contributed by atoms with Gasteiger partial charge in [0.2, 0.25) is 0 Å². The molecule has 31 heavy (non-hydrogen) atoms. The second-order valence-electron chi connectivity index (χ2n) is 7.17. The molecule has 0 atom stereocenters. The van der Waals surface area contributed by atoms with E-state index in [1.165, 1.54) is 4.68 Å². The topological polar surface area (TPSA) is 102 Å². The monoisotopic (exact) mass is 438 g/mol. The maximum Gasteiger partial charge on any atom is 0.323 e. The zero-order valence-corrected chi connectivity index (χ0v) is 18.2. The molecule has 0 saturated carbocycles. The van der Waals surface area contributed by atoms with E-state index in [4.69, 9.17) is 11.6 Å². The maximum atomic E-state index is 13.0. The van der Waals surface area contributed by atoms with Crippen molar-refractivity contribution < 1.29 is 0 Å². The number of aliphatic imine (C=N–C) groups is 1. The number of nitrogens with one attached hydrogen (secondary N) is 3. The predicted octanol–water partition coefficient (Wildman–Crippen LogP) is 3.89. The number of anilines is 1. The number of nitrogens with zero attached hydrogens (tertiary/aromatic N) is 3. The molecule has 3 N–H and O–H groups in total. The summed E-state index contributed by atoms with van der Waals surface area (Å²) < 4.78 is 1.45. The lowest BCUT2D eigenvalue weighted by Gasteiger charge is -2.22. The third kappa shape index (κ3) is 3.94. The Bertz CT molecular complexity index is 1390. The van der Waals surface area contributed by atoms with Crippen molar-refractivity contribution >= 4 is 40.2 Å². The lowest BCUT2D eigenvalue weighted by Crippen LogP contribution is -2.22. The van der Waals surface area contributed by atoms with Crippen molar-refractivity contribution in [3.8, 4) is 5.69 Å². The third-order valence-electron chi connectivity index (χ3n) is 5.23. The highest BCUT2D eigenvalue weighted by Crippen LogP contribution is 2.32. The Hall–Kier alpha value is -3.52. The first kappa shape index (κ1) is 20.7. The van der Waals surface area contributed by atoms with Gasteiger partial charge in [-0.1, -0.05) is 17.7 Å². The van der Waals surface area contributed by atoms with Crippen LogP contribution in [-0.2, 0) is 0 Å². The van der Waals surface area contributed by atoms with Crippen molar-refractivity contribution in [3.05, 3.63) is 73.5 Å². The second-order valence-corrected chi connectivity index (χ2v) is 7.60. The molecule has 0 unspecified atom stereocenters. The lowest BCUT2D eigenvalue weighted by atomic mass is 10.2. The highest BCUT2D eigenvalue weighted by atomic mass is 35.5. The van der Waals surface area contributed by atoms with E-state index in [1.54, 1.807) is 30.5 Å². The molecule has 2 aromatic heterocycles. The van der Waals surface area contributed by atoms with Crippen LogP contribution >= 0.6 is 11.6 Å². The van der Waals surface area contributed by atoms with E-state index in [2.05, 4.69) is 38.8 Å². The van der Waals surface area contributed by atoms with Gasteiger partial charge < -0.3 is 14.9 Å². The standard InChI is InChI=1S/C22H23ClN6O2/c1-4-28(5-2)20-11-18-17(25-22(31)26-18)10-19(20)24-12-16-13(3)27-29(21(16)30)15-8-6-7-14(23)9-15/h6-12,27H,4-5H2,1-3H3,(H2,25,26,31). The lowest BCUT2D eigenvalue weighted by molar-refractivity contribution is 0.835. The number of rotatable bonds is 6. The van der Waals surface area contributed by atoms with Gasteiger partial charge in [-0.15, -0.1) is 0 Å². The van der Waals surface area contributed by atoms with Crippen molar-refractivity contribution in [2.75, 3.05) is 18.0 Å². The van der Waals surface area contributed by atoms with E-state index in [0.29, 0.717) is 38.7 Å². The van der Waals surface area contributed by atoms with Gasteiger partial charge in [-0.2, -0.15) is 0 Å². The van der Waals surface area contributed by atoms with Crippen LogP contribution in [0.5, 0.6) is 0 Å². The predicted molar refractivity (Wildman–Crippen MR) is 126 cm³/mol. The Morgan fingerprint density at radius 2 is 1.81 bits per heavy atom. The summed E-state index contributed by atoms with van der Waals surface area (Å²) in [5.41, 5.74) is 4.23. The molecule has 4 aromatic rings. The Labute approximate surface area is 183 Å². The molecule has 0 saturated heterocycles. The number of hydrogen-bond acceptors (Lipinski definition) is 4. The van der Waals surface area contributed by atoms with E-state index in [9.17, 15) is 9.59 Å². The zero-order valence-electron chi connectivity index (χ0n) is 17.5. The quantitative estimate of drug-likeness (QED) is 0.398. The number of aromatic amines is 3. The summed E-state index contributed by atoms with van der Waals surface area (Å²) in [7, 11) is 0. The number of aromatic nitrogens is 4. The van der Waals surface area contributed by atoms with Gasteiger partial charge in [0.25, 0.3) is 5.56 Å². The summed E-state index contributed by atoms with van der Waals surface area (Å²) >= 11 is 6.07. The number of H-pyrrole nitrogens is 3. The van der Waals surface area contributed by atoms with Crippen LogP contribution in [0.1, 0.15) is 25.1 Å². The summed E-state index contributed by atoms with van der Waals surface area (Å²) in [5, 5.41) is 3.62. The van der Waals surface area contributed by atoms with Crippen LogP contribution in [-0.4, -0.2) is 39.1 Å². The van der Waals surface area contributed by atoms with Crippen molar-refractivity contribution in [1.29, 1.82) is 0 Å². The first-order chi connectivity index (χ1) is 14.9. The number of imidazole rings is 1. The molecule has 9 heteroatoms. The molecule has 0 radical (unpaired) electrons. The Kier molecular flexibility index (Phi) is 5.56. The van der Waals surface area contributed by atoms with E-state index >= 15 is 0 Å². The number of fused-ring (bicyclic) bond motifs is 1. The van der Waals surface area contributed by atoms with Crippen molar-refractivity contribution in [2.24, 2.45) is 4.99 Å². The van der Waals surface area contributed by atoms with Crippen LogP contribution in [0.25, 0.3) is 16.7 Å². The molecular formula is C22H23ClN6O2. The molecule has 0 amide bonds. The zero-order chi connectivity index (χ0) is 22.1. The normalized spacial score (nSPS) is 11.6. The smallest absolute Gasteiger partial charge is 0.323 e. The van der Waals surface area contributed by atoms with E-state index in [-0.39, 0.29) is 11.2 Å². The molecule has 0 spiro atoms. The Morgan fingerprint density at radius 1 is 1.10 bits per heavy atom. The van der Waals surface area contributed by atoms with Gasteiger partial charge in [-0.25, -0.2) is 9.48 Å². The molecule has 8 nitrogen and oxygen atoms in total. The summed E-state index contributed by atoms with van der Waals surface area (Å²) in [6.07, 6.45) is 1.56. The van der Waals surface area contributed by atoms with Gasteiger partial charge >= 0.3 is 5.69 Å². The van der Waals surface area contributed by atoms with Crippen LogP contribution < -0.4 is 16.1 Å². The molecule has 4 rings (SSSR count). The maximum absolute atomic E-state index is 13.0. The molecular weight excluding hydrogens is 416 g/mol. The molecule has 0 aliphatic carbocycles. The van der Waals surface area contributed by atoms with E-state index < -0.39 is 0 Å². The minimum atomic E-state index is -0.271. The van der Waals surface area contributed by atoms with Gasteiger partial charge in [0.05, 0.1) is 33.7 Å². The van der Waals surface area contributed by atoms with Gasteiger partial charge in [0.15, 0.2) is 0 Å². The van der Waals surface area contributed by atoms with E-state index in [1.807, 2.05) is 19.1 Å². The van der Waals surface area contributed by atoms with Gasteiger partial charge in [-0.3, -0.25) is 14.9 Å². The Balaban J connectivity index is 1.81. The summed E-state index contributed by atoms with van der Waals surface area (Å²) in [6, 6.07) is 10.8. The number of hydrogen-bond donors (Lipinski definition) is 3. The van der Waals surface area contributed by atoms with Crippen LogP contribution in [0.3, 0.4) is 0 Å². The fraction of sp³-hybridized carbons (Fsp3) is 0.227. The highest BCUT2D eigenvalue weighted by molar-refractivity contribution is 6.30.